The van der Waals surface area contributed by atoms with Crippen LogP contribution in [0.25, 0.3) is 0 Å². The fourth-order valence-corrected chi connectivity index (χ4v) is 1.55. The standard InChI is InChI=1S/C12H14FN3O/c1-8(10-4-3-5-11(13)6-10)14-7-12-15-9(2)17-16-12/h3-6,8,14H,7H2,1-2H3/t8-/m0/s1. The molecular weight excluding hydrogens is 221 g/mol. The van der Waals surface area contributed by atoms with Crippen molar-refractivity contribution in [3.63, 3.8) is 0 Å². The highest BCUT2D eigenvalue weighted by molar-refractivity contribution is 5.19. The van der Waals surface area contributed by atoms with Crippen LogP contribution in [-0.4, -0.2) is 10.1 Å². The first-order valence-electron chi connectivity index (χ1n) is 5.43. The van der Waals surface area contributed by atoms with Crippen LogP contribution in [0.2, 0.25) is 0 Å². The molecule has 1 aromatic carbocycles. The number of hydrogen-bond acceptors (Lipinski definition) is 4. The molecule has 0 aliphatic rings. The zero-order chi connectivity index (χ0) is 12.3. The van der Waals surface area contributed by atoms with E-state index in [4.69, 9.17) is 4.52 Å². The van der Waals surface area contributed by atoms with Gasteiger partial charge in [-0.1, -0.05) is 17.3 Å². The van der Waals surface area contributed by atoms with Gasteiger partial charge in [0.25, 0.3) is 0 Å². The van der Waals surface area contributed by atoms with Crippen molar-refractivity contribution in [2.75, 3.05) is 0 Å². The highest BCUT2D eigenvalue weighted by Gasteiger charge is 2.08. The normalized spacial score (nSPS) is 12.6. The molecule has 0 saturated carbocycles. The smallest absolute Gasteiger partial charge is 0.223 e. The van der Waals surface area contributed by atoms with Crippen molar-refractivity contribution in [3.8, 4) is 0 Å². The molecule has 0 saturated heterocycles. The van der Waals surface area contributed by atoms with Crippen molar-refractivity contribution < 1.29 is 8.91 Å². The minimum absolute atomic E-state index is 0.0320. The Morgan fingerprint density at radius 3 is 2.94 bits per heavy atom. The summed E-state index contributed by atoms with van der Waals surface area (Å²) in [5.41, 5.74) is 0.894. The molecule has 4 nitrogen and oxygen atoms in total. The average Bonchev–Trinajstić information content (AvgIpc) is 2.72. The van der Waals surface area contributed by atoms with Crippen LogP contribution in [0.4, 0.5) is 4.39 Å². The van der Waals surface area contributed by atoms with E-state index in [0.717, 1.165) is 5.56 Å². The van der Waals surface area contributed by atoms with Crippen molar-refractivity contribution in [2.45, 2.75) is 26.4 Å². The number of halogens is 1. The number of nitrogens with zero attached hydrogens (tertiary/aromatic N) is 2. The fraction of sp³-hybridized carbons (Fsp3) is 0.333. The molecule has 0 bridgehead atoms. The first kappa shape index (κ1) is 11.7. The van der Waals surface area contributed by atoms with E-state index < -0.39 is 0 Å². The van der Waals surface area contributed by atoms with E-state index in [1.54, 1.807) is 13.0 Å². The predicted molar refractivity (Wildman–Crippen MR) is 60.7 cm³/mol. The second-order valence-electron chi connectivity index (χ2n) is 3.89. The van der Waals surface area contributed by atoms with Gasteiger partial charge in [0.1, 0.15) is 5.82 Å². The van der Waals surface area contributed by atoms with Crippen molar-refractivity contribution in [2.24, 2.45) is 0 Å². The number of benzene rings is 1. The lowest BCUT2D eigenvalue weighted by atomic mass is 10.1. The zero-order valence-electron chi connectivity index (χ0n) is 9.77. The summed E-state index contributed by atoms with van der Waals surface area (Å²) in [7, 11) is 0. The molecule has 0 aliphatic carbocycles. The molecule has 0 unspecified atom stereocenters. The fourth-order valence-electron chi connectivity index (χ4n) is 1.55. The second kappa shape index (κ2) is 5.05. The lowest BCUT2D eigenvalue weighted by molar-refractivity contribution is 0.384. The summed E-state index contributed by atoms with van der Waals surface area (Å²) in [5, 5.41) is 6.98. The number of rotatable bonds is 4. The molecule has 2 aromatic rings. The Kier molecular flexibility index (Phi) is 3.49. The lowest BCUT2D eigenvalue weighted by Crippen LogP contribution is -2.18. The Balaban J connectivity index is 1.95. The Morgan fingerprint density at radius 2 is 2.29 bits per heavy atom. The molecule has 1 aromatic heterocycles. The average molecular weight is 235 g/mol. The van der Waals surface area contributed by atoms with Gasteiger partial charge in [-0.3, -0.25) is 0 Å². The first-order valence-corrected chi connectivity index (χ1v) is 5.43. The van der Waals surface area contributed by atoms with E-state index in [9.17, 15) is 4.39 Å². The van der Waals surface area contributed by atoms with Crippen LogP contribution in [0.5, 0.6) is 0 Å². The molecule has 17 heavy (non-hydrogen) atoms. The quantitative estimate of drug-likeness (QED) is 0.883. The van der Waals surface area contributed by atoms with Crippen LogP contribution in [0.15, 0.2) is 28.8 Å². The Morgan fingerprint density at radius 1 is 1.47 bits per heavy atom. The molecule has 0 amide bonds. The molecule has 90 valence electrons. The Labute approximate surface area is 98.8 Å². The van der Waals surface area contributed by atoms with Crippen LogP contribution in [0, 0.1) is 12.7 Å². The lowest BCUT2D eigenvalue weighted by Gasteiger charge is -2.12. The van der Waals surface area contributed by atoms with Crippen LogP contribution >= 0.6 is 0 Å². The number of aromatic nitrogens is 2. The summed E-state index contributed by atoms with van der Waals surface area (Å²) in [6.07, 6.45) is 0. The monoisotopic (exact) mass is 235 g/mol. The zero-order valence-corrected chi connectivity index (χ0v) is 9.77. The van der Waals surface area contributed by atoms with Crippen LogP contribution in [-0.2, 0) is 6.54 Å². The summed E-state index contributed by atoms with van der Waals surface area (Å²) in [4.78, 5) is 4.08. The van der Waals surface area contributed by atoms with E-state index in [-0.39, 0.29) is 11.9 Å². The van der Waals surface area contributed by atoms with Gasteiger partial charge in [-0.15, -0.1) is 0 Å². The van der Waals surface area contributed by atoms with Gasteiger partial charge in [-0.25, -0.2) is 4.39 Å². The van der Waals surface area contributed by atoms with Gasteiger partial charge in [0.15, 0.2) is 5.82 Å². The van der Waals surface area contributed by atoms with Crippen LogP contribution in [0.1, 0.15) is 30.2 Å². The van der Waals surface area contributed by atoms with Crippen molar-refractivity contribution in [1.29, 1.82) is 0 Å². The maximum atomic E-state index is 13.0. The summed E-state index contributed by atoms with van der Waals surface area (Å²) in [6, 6.07) is 6.55. The third-order valence-corrected chi connectivity index (χ3v) is 2.48. The molecule has 5 heteroatoms. The minimum atomic E-state index is -0.230. The van der Waals surface area contributed by atoms with Gasteiger partial charge in [0, 0.05) is 13.0 Å². The van der Waals surface area contributed by atoms with Crippen molar-refractivity contribution >= 4 is 0 Å². The first-order chi connectivity index (χ1) is 8.15. The van der Waals surface area contributed by atoms with Crippen molar-refractivity contribution in [1.82, 2.24) is 15.5 Å². The van der Waals surface area contributed by atoms with Crippen molar-refractivity contribution in [3.05, 3.63) is 47.4 Å². The van der Waals surface area contributed by atoms with Gasteiger partial charge in [-0.2, -0.15) is 4.98 Å². The van der Waals surface area contributed by atoms with Crippen LogP contribution < -0.4 is 5.32 Å². The third kappa shape index (κ3) is 3.10. The molecule has 0 aliphatic heterocycles. The highest BCUT2D eigenvalue weighted by Crippen LogP contribution is 2.13. The highest BCUT2D eigenvalue weighted by atomic mass is 19.1. The minimum Gasteiger partial charge on any atom is -0.340 e. The summed E-state index contributed by atoms with van der Waals surface area (Å²) in [6.45, 7) is 4.20. The Hall–Kier alpha value is -1.75. The Bertz CT molecular complexity index is 498. The molecule has 1 atom stereocenters. The number of nitrogens with one attached hydrogen (secondary N) is 1. The molecule has 1 N–H and O–H groups in total. The number of hydrogen-bond donors (Lipinski definition) is 1. The summed E-state index contributed by atoms with van der Waals surface area (Å²) < 4.78 is 17.9. The largest absolute Gasteiger partial charge is 0.340 e. The van der Waals surface area contributed by atoms with Gasteiger partial charge < -0.3 is 9.84 Å². The topological polar surface area (TPSA) is 51.0 Å². The van der Waals surface area contributed by atoms with E-state index in [2.05, 4.69) is 15.5 Å². The maximum Gasteiger partial charge on any atom is 0.223 e. The molecule has 2 rings (SSSR count). The number of aryl methyl sites for hydroxylation is 1. The van der Waals surface area contributed by atoms with E-state index in [0.29, 0.717) is 18.3 Å². The summed E-state index contributed by atoms with van der Waals surface area (Å²) in [5.74, 6) is 0.914. The molecular formula is C12H14FN3O. The molecule has 0 spiro atoms. The molecule has 1 heterocycles. The molecule has 0 fully saturated rings. The molecule has 0 radical (unpaired) electrons. The predicted octanol–water partition coefficient (Wildman–Crippen LogP) is 2.37. The van der Waals surface area contributed by atoms with Crippen LogP contribution in [0.3, 0.4) is 0 Å². The van der Waals surface area contributed by atoms with E-state index in [1.807, 2.05) is 13.0 Å². The van der Waals surface area contributed by atoms with Gasteiger partial charge in [0.2, 0.25) is 5.89 Å². The third-order valence-electron chi connectivity index (χ3n) is 2.48. The van der Waals surface area contributed by atoms with Gasteiger partial charge in [-0.05, 0) is 24.6 Å². The van der Waals surface area contributed by atoms with E-state index >= 15 is 0 Å². The maximum absolute atomic E-state index is 13.0. The van der Waals surface area contributed by atoms with Gasteiger partial charge in [0.05, 0.1) is 6.54 Å². The second-order valence-corrected chi connectivity index (χ2v) is 3.89. The van der Waals surface area contributed by atoms with Gasteiger partial charge >= 0.3 is 0 Å². The SMILES string of the molecule is Cc1nc(CN[C@@H](C)c2cccc(F)c2)no1. The summed E-state index contributed by atoms with van der Waals surface area (Å²) >= 11 is 0. The van der Waals surface area contributed by atoms with E-state index in [1.165, 1.54) is 12.1 Å².